The minimum absolute atomic E-state index is 0.0482. The van der Waals surface area contributed by atoms with Crippen molar-refractivity contribution in [3.05, 3.63) is 0 Å². The van der Waals surface area contributed by atoms with Gasteiger partial charge in [0, 0.05) is 18.6 Å². The van der Waals surface area contributed by atoms with E-state index in [1.165, 1.54) is 7.11 Å². The van der Waals surface area contributed by atoms with E-state index in [-0.39, 0.29) is 17.7 Å². The molecule has 0 aliphatic carbocycles. The fourth-order valence-electron chi connectivity index (χ4n) is 1.56. The highest BCUT2D eigenvalue weighted by atomic mass is 16.5. The summed E-state index contributed by atoms with van der Waals surface area (Å²) in [6.07, 6.45) is -0.226. The van der Waals surface area contributed by atoms with Crippen LogP contribution in [0, 0.1) is 0 Å². The fraction of sp³-hybridized carbons (Fsp3) is 0.909. The van der Waals surface area contributed by atoms with Gasteiger partial charge in [-0.05, 0) is 20.8 Å². The summed E-state index contributed by atoms with van der Waals surface area (Å²) in [5.41, 5.74) is 0.0664. The molecule has 0 bridgehead atoms. The van der Waals surface area contributed by atoms with Crippen LogP contribution in [0.5, 0.6) is 0 Å². The smallest absolute Gasteiger partial charge is 0.409 e. The summed E-state index contributed by atoms with van der Waals surface area (Å²) in [7, 11) is 1.40. The van der Waals surface area contributed by atoms with Crippen LogP contribution in [0.4, 0.5) is 4.79 Å². The SMILES string of the molecule is COC(=O)N1CCO[C@@H](CNC(C)(C)C)C1. The van der Waals surface area contributed by atoms with Gasteiger partial charge in [0.15, 0.2) is 0 Å². The second-order valence-electron chi connectivity index (χ2n) is 5.04. The lowest BCUT2D eigenvalue weighted by Gasteiger charge is -2.33. The Morgan fingerprint density at radius 3 is 2.81 bits per heavy atom. The van der Waals surface area contributed by atoms with Gasteiger partial charge in [0.05, 0.1) is 26.4 Å². The first kappa shape index (κ1) is 13.3. The summed E-state index contributed by atoms with van der Waals surface area (Å²) in [4.78, 5) is 13.0. The molecule has 94 valence electrons. The number of hydrogen-bond donors (Lipinski definition) is 1. The molecule has 0 radical (unpaired) electrons. The van der Waals surface area contributed by atoms with E-state index in [0.29, 0.717) is 19.7 Å². The Morgan fingerprint density at radius 1 is 1.56 bits per heavy atom. The van der Waals surface area contributed by atoms with Gasteiger partial charge >= 0.3 is 6.09 Å². The zero-order valence-corrected chi connectivity index (χ0v) is 10.6. The highest BCUT2D eigenvalue weighted by Gasteiger charge is 2.25. The molecule has 0 aromatic rings. The second-order valence-corrected chi connectivity index (χ2v) is 5.04. The zero-order valence-electron chi connectivity index (χ0n) is 10.6. The fourth-order valence-corrected chi connectivity index (χ4v) is 1.56. The third-order valence-electron chi connectivity index (χ3n) is 2.43. The first-order valence-corrected chi connectivity index (χ1v) is 5.62. The van der Waals surface area contributed by atoms with Gasteiger partial charge in [-0.2, -0.15) is 0 Å². The van der Waals surface area contributed by atoms with Crippen LogP contribution in [0.3, 0.4) is 0 Å². The third-order valence-corrected chi connectivity index (χ3v) is 2.43. The molecule has 0 aromatic heterocycles. The molecular weight excluding hydrogens is 208 g/mol. The Hall–Kier alpha value is -0.810. The van der Waals surface area contributed by atoms with Gasteiger partial charge in [0.2, 0.25) is 0 Å². The van der Waals surface area contributed by atoms with Crippen molar-refractivity contribution in [3.8, 4) is 0 Å². The molecule has 16 heavy (non-hydrogen) atoms. The van der Waals surface area contributed by atoms with Crippen LogP contribution in [-0.4, -0.2) is 56.0 Å². The number of nitrogens with zero attached hydrogens (tertiary/aromatic N) is 1. The highest BCUT2D eigenvalue weighted by molar-refractivity contribution is 5.67. The number of amides is 1. The molecule has 5 nitrogen and oxygen atoms in total. The Kier molecular flexibility index (Phi) is 4.56. The van der Waals surface area contributed by atoms with Crippen LogP contribution >= 0.6 is 0 Å². The van der Waals surface area contributed by atoms with E-state index in [1.54, 1.807) is 4.90 Å². The number of morpholine rings is 1. The van der Waals surface area contributed by atoms with Crippen molar-refractivity contribution in [2.45, 2.75) is 32.4 Å². The predicted molar refractivity (Wildman–Crippen MR) is 61.5 cm³/mol. The molecule has 1 N–H and O–H groups in total. The maximum absolute atomic E-state index is 11.3. The van der Waals surface area contributed by atoms with Crippen LogP contribution < -0.4 is 5.32 Å². The maximum atomic E-state index is 11.3. The molecule has 0 saturated carbocycles. The minimum atomic E-state index is -0.274. The maximum Gasteiger partial charge on any atom is 0.409 e. The van der Waals surface area contributed by atoms with Crippen LogP contribution in [0.1, 0.15) is 20.8 Å². The molecule has 0 unspecified atom stereocenters. The summed E-state index contributed by atoms with van der Waals surface area (Å²) in [5.74, 6) is 0. The summed E-state index contributed by atoms with van der Waals surface area (Å²) in [6, 6.07) is 0. The molecule has 1 rings (SSSR count). The second kappa shape index (κ2) is 5.50. The monoisotopic (exact) mass is 230 g/mol. The molecular formula is C11H22N2O3. The van der Waals surface area contributed by atoms with Crippen LogP contribution in [-0.2, 0) is 9.47 Å². The van der Waals surface area contributed by atoms with Gasteiger partial charge in [0.1, 0.15) is 0 Å². The van der Waals surface area contributed by atoms with Crippen molar-refractivity contribution in [1.82, 2.24) is 10.2 Å². The first-order valence-electron chi connectivity index (χ1n) is 5.62. The van der Waals surface area contributed by atoms with Crippen molar-refractivity contribution in [2.75, 3.05) is 33.4 Å². The summed E-state index contributed by atoms with van der Waals surface area (Å²) < 4.78 is 10.3. The molecule has 1 fully saturated rings. The topological polar surface area (TPSA) is 50.8 Å². The lowest BCUT2D eigenvalue weighted by Crippen LogP contribution is -2.51. The Morgan fingerprint density at radius 2 is 2.25 bits per heavy atom. The van der Waals surface area contributed by atoms with Crippen LogP contribution in [0.25, 0.3) is 0 Å². The molecule has 1 amide bonds. The van der Waals surface area contributed by atoms with Gasteiger partial charge < -0.3 is 19.7 Å². The number of methoxy groups -OCH3 is 1. The molecule has 1 heterocycles. The van der Waals surface area contributed by atoms with Crippen LogP contribution in [0.15, 0.2) is 0 Å². The standard InChI is InChI=1S/C11H22N2O3/c1-11(2,3)12-7-9-8-13(5-6-16-9)10(14)15-4/h9,12H,5-8H2,1-4H3/t9-/m0/s1. The van der Waals surface area contributed by atoms with E-state index in [1.807, 2.05) is 0 Å². The third kappa shape index (κ3) is 4.37. The van der Waals surface area contributed by atoms with Crippen molar-refractivity contribution in [1.29, 1.82) is 0 Å². The molecule has 1 aliphatic rings. The Labute approximate surface area is 97.1 Å². The number of nitrogens with one attached hydrogen (secondary N) is 1. The quantitative estimate of drug-likeness (QED) is 0.764. The number of carbonyl (C=O) groups excluding carboxylic acids is 1. The van der Waals surface area contributed by atoms with Gasteiger partial charge in [-0.25, -0.2) is 4.79 Å². The summed E-state index contributed by atoms with van der Waals surface area (Å²) in [6.45, 7) is 8.84. The average Bonchev–Trinajstić information content (AvgIpc) is 2.25. The van der Waals surface area contributed by atoms with Crippen molar-refractivity contribution >= 4 is 6.09 Å². The minimum Gasteiger partial charge on any atom is -0.453 e. The predicted octanol–water partition coefficient (Wildman–Crippen LogP) is 0.842. The molecule has 1 saturated heterocycles. The molecule has 0 aromatic carbocycles. The Balaban J connectivity index is 2.36. The molecule has 1 aliphatic heterocycles. The van der Waals surface area contributed by atoms with Gasteiger partial charge in [-0.15, -0.1) is 0 Å². The van der Waals surface area contributed by atoms with E-state index < -0.39 is 0 Å². The lowest BCUT2D eigenvalue weighted by molar-refractivity contribution is -0.0253. The highest BCUT2D eigenvalue weighted by Crippen LogP contribution is 2.07. The van der Waals surface area contributed by atoms with Crippen molar-refractivity contribution < 1.29 is 14.3 Å². The molecule has 5 heteroatoms. The van der Waals surface area contributed by atoms with Gasteiger partial charge in [0.25, 0.3) is 0 Å². The summed E-state index contributed by atoms with van der Waals surface area (Å²) in [5, 5.41) is 3.37. The zero-order chi connectivity index (χ0) is 12.2. The van der Waals surface area contributed by atoms with E-state index in [4.69, 9.17) is 9.47 Å². The lowest BCUT2D eigenvalue weighted by atomic mass is 10.1. The average molecular weight is 230 g/mol. The van der Waals surface area contributed by atoms with E-state index in [2.05, 4.69) is 26.1 Å². The number of hydrogen-bond acceptors (Lipinski definition) is 4. The molecule has 0 spiro atoms. The van der Waals surface area contributed by atoms with E-state index in [9.17, 15) is 4.79 Å². The van der Waals surface area contributed by atoms with Crippen molar-refractivity contribution in [2.24, 2.45) is 0 Å². The normalized spacial score (nSPS) is 22.0. The summed E-state index contributed by atoms with van der Waals surface area (Å²) >= 11 is 0. The largest absolute Gasteiger partial charge is 0.453 e. The van der Waals surface area contributed by atoms with Gasteiger partial charge in [-0.1, -0.05) is 0 Å². The van der Waals surface area contributed by atoms with Crippen molar-refractivity contribution in [3.63, 3.8) is 0 Å². The molecule has 1 atom stereocenters. The number of rotatable bonds is 2. The number of carbonyl (C=O) groups is 1. The number of ether oxygens (including phenoxy) is 2. The van der Waals surface area contributed by atoms with E-state index in [0.717, 1.165) is 6.54 Å². The van der Waals surface area contributed by atoms with Gasteiger partial charge in [-0.3, -0.25) is 0 Å². The Bertz CT molecular complexity index is 238. The van der Waals surface area contributed by atoms with E-state index >= 15 is 0 Å². The first-order chi connectivity index (χ1) is 7.42. The van der Waals surface area contributed by atoms with Crippen LogP contribution in [0.2, 0.25) is 0 Å².